The summed E-state index contributed by atoms with van der Waals surface area (Å²) in [5.41, 5.74) is 4.36. The molecule has 3 aromatic carbocycles. The lowest BCUT2D eigenvalue weighted by Crippen LogP contribution is -2.13. The molecule has 162 valence electrons. The number of nitriles is 1. The fourth-order valence-electron chi connectivity index (χ4n) is 3.27. The monoisotopic (exact) mass is 446 g/mol. The molecule has 0 radical (unpaired) electrons. The summed E-state index contributed by atoms with van der Waals surface area (Å²) in [4.78, 5) is 12.6. The number of nitrogens with zero attached hydrogens (tertiary/aromatic N) is 1. The molecule has 5 nitrogen and oxygen atoms in total. The lowest BCUT2D eigenvalue weighted by atomic mass is 10.1. The first-order valence-electron chi connectivity index (χ1n) is 9.94. The Balaban J connectivity index is 1.87. The summed E-state index contributed by atoms with van der Waals surface area (Å²) in [6, 6.07) is 20.1. The predicted octanol–water partition coefficient (Wildman–Crippen LogP) is 6.09. The first kappa shape index (κ1) is 22.9. The number of carbonyl (C=O) groups excluding carboxylic acids is 1. The van der Waals surface area contributed by atoms with Crippen molar-refractivity contribution < 1.29 is 14.3 Å². The van der Waals surface area contributed by atoms with E-state index in [4.69, 9.17) is 21.1 Å². The molecule has 0 aliphatic heterocycles. The van der Waals surface area contributed by atoms with Gasteiger partial charge in [-0.05, 0) is 55.8 Å². The van der Waals surface area contributed by atoms with E-state index in [9.17, 15) is 10.1 Å². The van der Waals surface area contributed by atoms with Gasteiger partial charge in [0.15, 0.2) is 0 Å². The normalized spacial score (nSPS) is 10.9. The van der Waals surface area contributed by atoms with E-state index >= 15 is 0 Å². The fourth-order valence-corrected chi connectivity index (χ4v) is 3.46. The van der Waals surface area contributed by atoms with E-state index < -0.39 is 5.91 Å². The second kappa shape index (κ2) is 10.5. The van der Waals surface area contributed by atoms with Crippen LogP contribution in [0.3, 0.4) is 0 Å². The average molecular weight is 447 g/mol. The highest BCUT2D eigenvalue weighted by Gasteiger charge is 2.13. The van der Waals surface area contributed by atoms with Crippen LogP contribution in [0.4, 0.5) is 5.69 Å². The Hall–Kier alpha value is -3.75. The van der Waals surface area contributed by atoms with Gasteiger partial charge in [0.05, 0.1) is 7.11 Å². The quantitative estimate of drug-likeness (QED) is 0.352. The highest BCUT2D eigenvalue weighted by molar-refractivity contribution is 6.31. The van der Waals surface area contributed by atoms with Crippen molar-refractivity contribution in [2.45, 2.75) is 20.5 Å². The molecule has 0 bridgehead atoms. The topological polar surface area (TPSA) is 71.3 Å². The number of methoxy groups -OCH3 is 1. The van der Waals surface area contributed by atoms with Gasteiger partial charge in [0.25, 0.3) is 5.91 Å². The summed E-state index contributed by atoms with van der Waals surface area (Å²) < 4.78 is 11.4. The largest absolute Gasteiger partial charge is 0.497 e. The van der Waals surface area contributed by atoms with E-state index in [1.54, 1.807) is 49.6 Å². The third-order valence-corrected chi connectivity index (χ3v) is 4.88. The molecule has 0 aliphatic rings. The third kappa shape index (κ3) is 6.13. The fraction of sp³-hybridized carbons (Fsp3) is 0.154. The van der Waals surface area contributed by atoms with Gasteiger partial charge in [0.1, 0.15) is 29.7 Å². The Kier molecular flexibility index (Phi) is 7.54. The molecule has 6 heteroatoms. The highest BCUT2D eigenvalue weighted by atomic mass is 35.5. The Bertz CT molecular complexity index is 1190. The predicted molar refractivity (Wildman–Crippen MR) is 127 cm³/mol. The minimum Gasteiger partial charge on any atom is -0.497 e. The van der Waals surface area contributed by atoms with Gasteiger partial charge in [-0.25, -0.2) is 0 Å². The van der Waals surface area contributed by atoms with E-state index in [1.165, 1.54) is 6.08 Å². The van der Waals surface area contributed by atoms with Crippen LogP contribution in [0.1, 0.15) is 22.3 Å². The molecule has 0 aromatic heterocycles. The number of halogens is 1. The maximum absolute atomic E-state index is 12.6. The molecule has 0 aliphatic carbocycles. The van der Waals surface area contributed by atoms with Crippen LogP contribution < -0.4 is 14.8 Å². The number of hydrogen-bond acceptors (Lipinski definition) is 4. The van der Waals surface area contributed by atoms with Crippen molar-refractivity contribution in [2.75, 3.05) is 12.4 Å². The van der Waals surface area contributed by atoms with E-state index in [-0.39, 0.29) is 5.57 Å². The van der Waals surface area contributed by atoms with Gasteiger partial charge in [0, 0.05) is 22.3 Å². The van der Waals surface area contributed by atoms with Crippen LogP contribution in [-0.4, -0.2) is 13.0 Å². The van der Waals surface area contributed by atoms with E-state index in [0.717, 1.165) is 16.7 Å². The minimum absolute atomic E-state index is 0.0635. The minimum atomic E-state index is -0.536. The van der Waals surface area contributed by atoms with Gasteiger partial charge in [-0.2, -0.15) is 5.26 Å². The number of benzene rings is 3. The van der Waals surface area contributed by atoms with Crippen molar-refractivity contribution >= 4 is 29.3 Å². The van der Waals surface area contributed by atoms with Crippen LogP contribution in [0.5, 0.6) is 11.5 Å². The number of aryl methyl sites for hydroxylation is 2. The highest BCUT2D eigenvalue weighted by Crippen LogP contribution is 2.28. The summed E-state index contributed by atoms with van der Waals surface area (Å²) >= 11 is 5.97. The number of carbonyl (C=O) groups is 1. The zero-order valence-electron chi connectivity index (χ0n) is 18.1. The van der Waals surface area contributed by atoms with E-state index in [0.29, 0.717) is 34.4 Å². The number of hydrogen-bond donors (Lipinski definition) is 1. The van der Waals surface area contributed by atoms with Crippen molar-refractivity contribution in [1.82, 2.24) is 0 Å². The molecule has 0 atom stereocenters. The Morgan fingerprint density at radius 3 is 2.50 bits per heavy atom. The summed E-state index contributed by atoms with van der Waals surface area (Å²) in [5.74, 6) is 0.581. The SMILES string of the molecule is COc1ccc(/C=C(\C#N)C(=O)Nc2cccc(Cl)c2)c(OCc2cc(C)cc(C)c2)c1. The number of amides is 1. The first-order valence-corrected chi connectivity index (χ1v) is 10.3. The summed E-state index contributed by atoms with van der Waals surface area (Å²) in [6.45, 7) is 4.41. The van der Waals surface area contributed by atoms with Crippen molar-refractivity contribution in [3.63, 3.8) is 0 Å². The molecule has 32 heavy (non-hydrogen) atoms. The van der Waals surface area contributed by atoms with Gasteiger partial charge in [-0.15, -0.1) is 0 Å². The number of anilines is 1. The molecule has 1 N–H and O–H groups in total. The van der Waals surface area contributed by atoms with Crippen LogP contribution in [-0.2, 0) is 11.4 Å². The molecule has 0 saturated carbocycles. The lowest BCUT2D eigenvalue weighted by Gasteiger charge is -2.13. The van der Waals surface area contributed by atoms with Crippen LogP contribution in [0.2, 0.25) is 5.02 Å². The second-order valence-electron chi connectivity index (χ2n) is 7.32. The molecule has 0 fully saturated rings. The van der Waals surface area contributed by atoms with Crippen molar-refractivity contribution in [1.29, 1.82) is 5.26 Å². The first-order chi connectivity index (χ1) is 15.4. The molecule has 1 amide bonds. The smallest absolute Gasteiger partial charge is 0.266 e. The van der Waals surface area contributed by atoms with Crippen molar-refractivity contribution in [3.05, 3.63) is 93.5 Å². The van der Waals surface area contributed by atoms with E-state index in [1.807, 2.05) is 19.9 Å². The molecule has 3 rings (SSSR count). The van der Waals surface area contributed by atoms with Gasteiger partial charge in [-0.1, -0.05) is 47.0 Å². The summed E-state index contributed by atoms with van der Waals surface area (Å²) in [7, 11) is 1.57. The van der Waals surface area contributed by atoms with Gasteiger partial charge in [-0.3, -0.25) is 4.79 Å². The van der Waals surface area contributed by atoms with Gasteiger partial charge < -0.3 is 14.8 Å². The van der Waals surface area contributed by atoms with Crippen molar-refractivity contribution in [3.8, 4) is 17.6 Å². The number of rotatable bonds is 7. The molecule has 0 spiro atoms. The molecule has 3 aromatic rings. The average Bonchev–Trinajstić information content (AvgIpc) is 2.75. The molecule has 0 heterocycles. The lowest BCUT2D eigenvalue weighted by molar-refractivity contribution is -0.112. The summed E-state index contributed by atoms with van der Waals surface area (Å²) in [5, 5.41) is 12.8. The van der Waals surface area contributed by atoms with Crippen LogP contribution in [0, 0.1) is 25.2 Å². The zero-order chi connectivity index (χ0) is 23.1. The van der Waals surface area contributed by atoms with Crippen LogP contribution in [0.25, 0.3) is 6.08 Å². The third-order valence-electron chi connectivity index (χ3n) is 4.64. The second-order valence-corrected chi connectivity index (χ2v) is 7.76. The van der Waals surface area contributed by atoms with Gasteiger partial charge in [0.2, 0.25) is 0 Å². The maximum atomic E-state index is 12.6. The molecule has 0 unspecified atom stereocenters. The van der Waals surface area contributed by atoms with E-state index in [2.05, 4.69) is 23.5 Å². The Labute approximate surface area is 192 Å². The molecule has 0 saturated heterocycles. The van der Waals surface area contributed by atoms with Crippen LogP contribution in [0.15, 0.2) is 66.2 Å². The van der Waals surface area contributed by atoms with Crippen LogP contribution >= 0.6 is 11.6 Å². The number of ether oxygens (including phenoxy) is 2. The van der Waals surface area contributed by atoms with Crippen molar-refractivity contribution in [2.24, 2.45) is 0 Å². The maximum Gasteiger partial charge on any atom is 0.266 e. The zero-order valence-corrected chi connectivity index (χ0v) is 18.9. The standard InChI is InChI=1S/C26H23ClN2O3/c1-17-9-18(2)11-19(10-17)16-32-25-14-24(31-3)8-7-20(25)12-21(15-28)26(30)29-23-6-4-5-22(27)13-23/h4-14H,16H2,1-3H3,(H,29,30)/b21-12+. The molecular weight excluding hydrogens is 424 g/mol. The van der Waals surface area contributed by atoms with Gasteiger partial charge >= 0.3 is 0 Å². The summed E-state index contributed by atoms with van der Waals surface area (Å²) in [6.07, 6.45) is 1.50. The Morgan fingerprint density at radius 2 is 1.84 bits per heavy atom. The number of nitrogens with one attached hydrogen (secondary N) is 1. The molecular formula is C26H23ClN2O3. The Morgan fingerprint density at radius 1 is 1.09 bits per heavy atom.